The Bertz CT molecular complexity index is 1190. The molecule has 0 radical (unpaired) electrons. The second kappa shape index (κ2) is 10.2. The van der Waals surface area contributed by atoms with E-state index in [1.165, 1.54) is 0 Å². The number of carbonyl (C=O) groups is 2. The van der Waals surface area contributed by atoms with Crippen molar-refractivity contribution < 1.29 is 27.2 Å². The number of H-pyrrole nitrogens is 1. The Morgan fingerprint density at radius 1 is 1.06 bits per heavy atom. The van der Waals surface area contributed by atoms with Gasteiger partial charge < -0.3 is 15.5 Å². The van der Waals surface area contributed by atoms with Crippen molar-refractivity contribution in [1.29, 1.82) is 0 Å². The predicted molar refractivity (Wildman–Crippen MR) is 121 cm³/mol. The van der Waals surface area contributed by atoms with Gasteiger partial charge in [-0.15, -0.1) is 0 Å². The van der Waals surface area contributed by atoms with Crippen LogP contribution in [0.15, 0.2) is 54.6 Å². The minimum Gasteiger partial charge on any atom is -0.382 e. The largest absolute Gasteiger partial charge is 0.418 e. The number of aromatic nitrogens is 2. The topological polar surface area (TPSA) is 90.1 Å². The summed E-state index contributed by atoms with van der Waals surface area (Å²) in [6, 6.07) is 13.1. The van der Waals surface area contributed by atoms with E-state index in [-0.39, 0.29) is 29.9 Å². The van der Waals surface area contributed by atoms with Crippen molar-refractivity contribution in [2.45, 2.75) is 25.1 Å². The number of halogens is 4. The first-order chi connectivity index (χ1) is 16.7. The van der Waals surface area contributed by atoms with Crippen LogP contribution in [-0.2, 0) is 11.0 Å². The highest BCUT2D eigenvalue weighted by molar-refractivity contribution is 5.95. The number of rotatable bonds is 6. The summed E-state index contributed by atoms with van der Waals surface area (Å²) in [7, 11) is 0. The molecule has 0 atom stereocenters. The van der Waals surface area contributed by atoms with Gasteiger partial charge in [0.2, 0.25) is 5.91 Å². The molecule has 0 saturated carbocycles. The van der Waals surface area contributed by atoms with Gasteiger partial charge in [-0.2, -0.15) is 18.3 Å². The van der Waals surface area contributed by atoms with Crippen LogP contribution in [0.2, 0.25) is 0 Å². The summed E-state index contributed by atoms with van der Waals surface area (Å²) < 4.78 is 52.9. The van der Waals surface area contributed by atoms with E-state index in [9.17, 15) is 27.2 Å². The molecule has 1 aromatic heterocycles. The molecule has 1 aliphatic rings. The molecule has 184 valence electrons. The molecule has 3 aromatic rings. The predicted octanol–water partition coefficient (Wildman–Crippen LogP) is 4.07. The van der Waals surface area contributed by atoms with Crippen molar-refractivity contribution in [3.05, 3.63) is 71.7 Å². The van der Waals surface area contributed by atoms with Gasteiger partial charge in [0.1, 0.15) is 5.82 Å². The zero-order chi connectivity index (χ0) is 25.0. The lowest BCUT2D eigenvalue weighted by Gasteiger charge is -2.33. The summed E-state index contributed by atoms with van der Waals surface area (Å²) in [6.45, 7) is 0.408. The first-order valence-corrected chi connectivity index (χ1v) is 11.0. The van der Waals surface area contributed by atoms with Crippen LogP contribution in [0.25, 0.3) is 11.3 Å². The zero-order valence-corrected chi connectivity index (χ0v) is 18.5. The molecule has 1 saturated heterocycles. The van der Waals surface area contributed by atoms with Gasteiger partial charge in [-0.1, -0.05) is 30.3 Å². The molecule has 11 heteroatoms. The molecule has 1 fully saturated rings. The van der Waals surface area contributed by atoms with Crippen LogP contribution < -0.4 is 10.6 Å². The number of nitrogens with zero attached hydrogens (tertiary/aromatic N) is 2. The van der Waals surface area contributed by atoms with Crippen molar-refractivity contribution in [2.75, 3.05) is 25.0 Å². The normalized spacial score (nSPS) is 14.6. The fraction of sp³-hybridized carbons (Fsp3) is 0.292. The van der Waals surface area contributed by atoms with E-state index in [0.29, 0.717) is 37.7 Å². The number of aromatic amines is 1. The maximum Gasteiger partial charge on any atom is 0.418 e. The molecule has 1 aliphatic heterocycles. The van der Waals surface area contributed by atoms with E-state index < -0.39 is 23.5 Å². The second-order valence-corrected chi connectivity index (χ2v) is 8.20. The number of piperidine rings is 1. The standard InChI is InChI=1S/C24H23F4N5O2/c25-16-6-7-19(18(12-16)24(26,27)28)30-17-8-10-33(11-9-17)22(34)14-29-23(35)21-13-20(31-32-21)15-4-2-1-3-5-15/h1-7,12-13,17,30H,8-11,14H2,(H,29,35)(H,31,32). The summed E-state index contributed by atoms with van der Waals surface area (Å²) in [6.07, 6.45) is -3.86. The molecule has 3 N–H and O–H groups in total. The molecule has 7 nitrogen and oxygen atoms in total. The van der Waals surface area contributed by atoms with Crippen LogP contribution in [0.3, 0.4) is 0 Å². The molecule has 0 spiro atoms. The number of amides is 2. The van der Waals surface area contributed by atoms with E-state index in [4.69, 9.17) is 0 Å². The third kappa shape index (κ3) is 5.97. The number of hydrogen-bond donors (Lipinski definition) is 3. The molecule has 2 heterocycles. The first-order valence-electron chi connectivity index (χ1n) is 11.0. The average molecular weight is 489 g/mol. The molecule has 2 amide bonds. The van der Waals surface area contributed by atoms with Crippen LogP contribution in [0.5, 0.6) is 0 Å². The van der Waals surface area contributed by atoms with Gasteiger partial charge in [0.15, 0.2) is 5.69 Å². The number of hydrogen-bond acceptors (Lipinski definition) is 4. The van der Waals surface area contributed by atoms with Gasteiger partial charge in [-0.25, -0.2) is 4.39 Å². The number of carbonyl (C=O) groups excluding carboxylic acids is 2. The summed E-state index contributed by atoms with van der Waals surface area (Å²) in [5, 5.41) is 12.2. The molecule has 35 heavy (non-hydrogen) atoms. The quantitative estimate of drug-likeness (QED) is 0.456. The van der Waals surface area contributed by atoms with Crippen LogP contribution in [0.1, 0.15) is 28.9 Å². The van der Waals surface area contributed by atoms with E-state index in [2.05, 4.69) is 20.8 Å². The highest BCUT2D eigenvalue weighted by atomic mass is 19.4. The molecule has 0 aliphatic carbocycles. The lowest BCUT2D eigenvalue weighted by molar-refractivity contribution is -0.137. The molecule has 4 rings (SSSR count). The molecule has 0 unspecified atom stereocenters. The Morgan fingerprint density at radius 2 is 1.77 bits per heavy atom. The average Bonchev–Trinajstić information content (AvgIpc) is 3.34. The third-order valence-electron chi connectivity index (χ3n) is 5.79. The zero-order valence-electron chi connectivity index (χ0n) is 18.5. The van der Waals surface area contributed by atoms with Crippen LogP contribution in [-0.4, -0.2) is 52.6 Å². The number of anilines is 1. The number of nitrogens with one attached hydrogen (secondary N) is 3. The van der Waals surface area contributed by atoms with Crippen molar-refractivity contribution >= 4 is 17.5 Å². The van der Waals surface area contributed by atoms with E-state index in [1.807, 2.05) is 30.3 Å². The van der Waals surface area contributed by atoms with E-state index in [0.717, 1.165) is 17.7 Å². The fourth-order valence-corrected chi connectivity index (χ4v) is 3.93. The van der Waals surface area contributed by atoms with Gasteiger partial charge >= 0.3 is 6.18 Å². The van der Waals surface area contributed by atoms with E-state index >= 15 is 0 Å². The Labute approximate surface area is 198 Å². The lowest BCUT2D eigenvalue weighted by atomic mass is 10.0. The Morgan fingerprint density at radius 3 is 2.46 bits per heavy atom. The van der Waals surface area contributed by atoms with Crippen LogP contribution in [0, 0.1) is 5.82 Å². The number of likely N-dealkylation sites (tertiary alicyclic amines) is 1. The number of benzene rings is 2. The summed E-state index contributed by atoms with van der Waals surface area (Å²) in [5.41, 5.74) is 0.442. The van der Waals surface area contributed by atoms with Crippen LogP contribution >= 0.6 is 0 Å². The van der Waals surface area contributed by atoms with Crippen molar-refractivity contribution in [3.8, 4) is 11.3 Å². The van der Waals surface area contributed by atoms with Gasteiger partial charge in [0.25, 0.3) is 5.91 Å². The highest BCUT2D eigenvalue weighted by Crippen LogP contribution is 2.36. The highest BCUT2D eigenvalue weighted by Gasteiger charge is 2.35. The van der Waals surface area contributed by atoms with Gasteiger partial charge in [-0.05, 0) is 42.7 Å². The molecular weight excluding hydrogens is 466 g/mol. The van der Waals surface area contributed by atoms with Crippen molar-refractivity contribution in [3.63, 3.8) is 0 Å². The maximum absolute atomic E-state index is 13.3. The lowest BCUT2D eigenvalue weighted by Crippen LogP contribution is -2.46. The van der Waals surface area contributed by atoms with Crippen molar-refractivity contribution in [1.82, 2.24) is 20.4 Å². The minimum atomic E-state index is -4.69. The summed E-state index contributed by atoms with van der Waals surface area (Å²) in [4.78, 5) is 26.4. The second-order valence-electron chi connectivity index (χ2n) is 8.20. The Kier molecular flexibility index (Phi) is 7.04. The number of alkyl halides is 3. The molecule has 2 aromatic carbocycles. The Balaban J connectivity index is 1.26. The van der Waals surface area contributed by atoms with E-state index in [1.54, 1.807) is 11.0 Å². The van der Waals surface area contributed by atoms with Gasteiger partial charge in [0.05, 0.1) is 17.8 Å². The molecular formula is C24H23F4N5O2. The Hall–Kier alpha value is -3.89. The van der Waals surface area contributed by atoms with Crippen molar-refractivity contribution in [2.24, 2.45) is 0 Å². The van der Waals surface area contributed by atoms with Gasteiger partial charge in [-0.3, -0.25) is 14.7 Å². The first kappa shape index (κ1) is 24.2. The maximum atomic E-state index is 13.3. The summed E-state index contributed by atoms with van der Waals surface area (Å²) in [5.74, 6) is -1.76. The summed E-state index contributed by atoms with van der Waals surface area (Å²) >= 11 is 0. The monoisotopic (exact) mass is 489 g/mol. The smallest absolute Gasteiger partial charge is 0.382 e. The third-order valence-corrected chi connectivity index (χ3v) is 5.79. The SMILES string of the molecule is O=C(NCC(=O)N1CCC(Nc2ccc(F)cc2C(F)(F)F)CC1)c1cc(-c2ccccc2)[nH]n1. The molecule has 0 bridgehead atoms. The fourth-order valence-electron chi connectivity index (χ4n) is 3.93. The minimum absolute atomic E-state index is 0.152. The van der Waals surface area contributed by atoms with Crippen LogP contribution in [0.4, 0.5) is 23.2 Å². The van der Waals surface area contributed by atoms with Gasteiger partial charge in [0, 0.05) is 24.8 Å².